The van der Waals surface area contributed by atoms with E-state index in [0.717, 1.165) is 5.56 Å². The van der Waals surface area contributed by atoms with Crippen molar-refractivity contribution >= 4 is 11.6 Å². The first-order valence-corrected chi connectivity index (χ1v) is 6.83. The van der Waals surface area contributed by atoms with Crippen LogP contribution in [0.3, 0.4) is 0 Å². The number of non-ortho nitro benzene ring substituents is 1. The third-order valence-corrected chi connectivity index (χ3v) is 3.32. The van der Waals surface area contributed by atoms with Gasteiger partial charge in [0.15, 0.2) is 0 Å². The van der Waals surface area contributed by atoms with Crippen LogP contribution in [0.25, 0.3) is 0 Å². The number of carbonyl (C=O) groups excluding carboxylic acids is 1. The molecule has 0 bridgehead atoms. The Balaban J connectivity index is 1.83. The summed E-state index contributed by atoms with van der Waals surface area (Å²) in [6.07, 6.45) is 2.83. The van der Waals surface area contributed by atoms with Gasteiger partial charge in [-0.2, -0.15) is 0 Å². The number of rotatable bonds is 7. The molecule has 6 nitrogen and oxygen atoms in total. The van der Waals surface area contributed by atoms with Crippen LogP contribution in [0, 0.1) is 10.1 Å². The molecule has 0 aliphatic heterocycles. The highest BCUT2D eigenvalue weighted by atomic mass is 16.6. The van der Waals surface area contributed by atoms with E-state index < -0.39 is 4.92 Å². The second-order valence-corrected chi connectivity index (χ2v) is 5.12. The maximum atomic E-state index is 11.8. The van der Waals surface area contributed by atoms with Crippen LogP contribution in [0.5, 0.6) is 0 Å². The highest BCUT2D eigenvalue weighted by Crippen LogP contribution is 2.19. The van der Waals surface area contributed by atoms with Gasteiger partial charge in [-0.05, 0) is 25.3 Å². The van der Waals surface area contributed by atoms with Crippen molar-refractivity contribution in [2.75, 3.05) is 6.54 Å². The van der Waals surface area contributed by atoms with Crippen molar-refractivity contribution in [3.8, 4) is 0 Å². The molecule has 2 rings (SSSR count). The zero-order valence-corrected chi connectivity index (χ0v) is 11.5. The first-order chi connectivity index (χ1) is 9.56. The Morgan fingerprint density at radius 3 is 2.90 bits per heavy atom. The summed E-state index contributed by atoms with van der Waals surface area (Å²) in [6.45, 7) is 2.50. The van der Waals surface area contributed by atoms with Gasteiger partial charge < -0.3 is 10.6 Å². The van der Waals surface area contributed by atoms with Crippen LogP contribution in [0.1, 0.15) is 37.8 Å². The molecule has 0 saturated heterocycles. The lowest BCUT2D eigenvalue weighted by Crippen LogP contribution is -2.30. The Labute approximate surface area is 117 Å². The Morgan fingerprint density at radius 2 is 2.25 bits per heavy atom. The Hall–Kier alpha value is -1.95. The number of carbonyl (C=O) groups is 1. The number of benzene rings is 1. The molecule has 1 aromatic carbocycles. The van der Waals surface area contributed by atoms with Gasteiger partial charge in [-0.3, -0.25) is 14.9 Å². The third kappa shape index (κ3) is 4.31. The second-order valence-electron chi connectivity index (χ2n) is 5.12. The summed E-state index contributed by atoms with van der Waals surface area (Å²) in [5.41, 5.74) is 0.779. The fraction of sp³-hybridized carbons (Fsp3) is 0.500. The molecule has 0 aromatic heterocycles. The number of nitrogens with one attached hydrogen (secondary N) is 2. The number of hydrogen-bond donors (Lipinski definition) is 2. The maximum Gasteiger partial charge on any atom is 0.269 e. The molecule has 2 N–H and O–H groups in total. The minimum absolute atomic E-state index is 0.0407. The van der Waals surface area contributed by atoms with Crippen LogP contribution >= 0.6 is 0 Å². The van der Waals surface area contributed by atoms with Crippen molar-refractivity contribution in [2.24, 2.45) is 0 Å². The quantitative estimate of drug-likeness (QED) is 0.589. The number of nitrogens with zero attached hydrogens (tertiary/aromatic N) is 1. The molecule has 0 heterocycles. The average molecular weight is 277 g/mol. The highest BCUT2D eigenvalue weighted by Gasteiger charge is 2.20. The van der Waals surface area contributed by atoms with Crippen LogP contribution in [-0.4, -0.2) is 23.4 Å². The Bertz CT molecular complexity index is 500. The van der Waals surface area contributed by atoms with Crippen molar-refractivity contribution in [1.82, 2.24) is 10.6 Å². The largest absolute Gasteiger partial charge is 0.350 e. The molecular formula is C14H19N3O3. The van der Waals surface area contributed by atoms with Crippen molar-refractivity contribution in [2.45, 2.75) is 38.3 Å². The van der Waals surface area contributed by atoms with Gasteiger partial charge in [0.05, 0.1) is 11.0 Å². The van der Waals surface area contributed by atoms with Crippen LogP contribution in [-0.2, 0) is 4.79 Å². The minimum atomic E-state index is -0.433. The van der Waals surface area contributed by atoms with E-state index in [1.54, 1.807) is 12.1 Å². The molecular weight excluding hydrogens is 258 g/mol. The Morgan fingerprint density at radius 1 is 1.50 bits per heavy atom. The molecule has 108 valence electrons. The smallest absolute Gasteiger partial charge is 0.269 e. The van der Waals surface area contributed by atoms with Gasteiger partial charge >= 0.3 is 0 Å². The molecule has 1 fully saturated rings. The first kappa shape index (κ1) is 14.5. The number of nitro benzene ring substituents is 1. The first-order valence-electron chi connectivity index (χ1n) is 6.83. The fourth-order valence-corrected chi connectivity index (χ4v) is 1.98. The molecule has 0 radical (unpaired) electrons. The summed E-state index contributed by atoms with van der Waals surface area (Å²) in [7, 11) is 0. The van der Waals surface area contributed by atoms with Gasteiger partial charge in [-0.15, -0.1) is 0 Å². The molecule has 0 spiro atoms. The predicted octanol–water partition coefficient (Wildman–Crippen LogP) is 1.91. The van der Waals surface area contributed by atoms with E-state index in [9.17, 15) is 14.9 Å². The number of amides is 1. The lowest BCUT2D eigenvalue weighted by atomic mass is 10.1. The summed E-state index contributed by atoms with van der Waals surface area (Å²) >= 11 is 0. The van der Waals surface area contributed by atoms with Gasteiger partial charge in [-0.1, -0.05) is 12.1 Å². The van der Waals surface area contributed by atoms with Gasteiger partial charge in [0, 0.05) is 31.1 Å². The van der Waals surface area contributed by atoms with E-state index in [0.29, 0.717) is 19.0 Å². The van der Waals surface area contributed by atoms with Crippen LogP contribution in [0.15, 0.2) is 24.3 Å². The normalized spacial score (nSPS) is 15.7. The zero-order chi connectivity index (χ0) is 14.5. The highest BCUT2D eigenvalue weighted by molar-refractivity contribution is 5.76. The van der Waals surface area contributed by atoms with Gasteiger partial charge in [-0.25, -0.2) is 0 Å². The predicted molar refractivity (Wildman–Crippen MR) is 75.3 cm³/mol. The van der Waals surface area contributed by atoms with E-state index in [1.807, 2.05) is 6.92 Å². The van der Waals surface area contributed by atoms with E-state index in [4.69, 9.17) is 0 Å². The molecule has 1 aliphatic rings. The van der Waals surface area contributed by atoms with E-state index in [2.05, 4.69) is 10.6 Å². The maximum absolute atomic E-state index is 11.8. The molecule has 6 heteroatoms. The molecule has 1 atom stereocenters. The van der Waals surface area contributed by atoms with Crippen LogP contribution in [0.2, 0.25) is 0 Å². The van der Waals surface area contributed by atoms with E-state index in [-0.39, 0.29) is 17.6 Å². The summed E-state index contributed by atoms with van der Waals surface area (Å²) < 4.78 is 0. The summed E-state index contributed by atoms with van der Waals surface area (Å²) in [5, 5.41) is 16.8. The van der Waals surface area contributed by atoms with E-state index in [1.165, 1.54) is 25.0 Å². The SMILES string of the molecule is CC(NC(=O)CCNC1CC1)c1cccc([N+](=O)[O-])c1. The van der Waals surface area contributed by atoms with Crippen molar-refractivity contribution < 1.29 is 9.72 Å². The molecule has 1 aliphatic carbocycles. The monoisotopic (exact) mass is 277 g/mol. The standard InChI is InChI=1S/C14H19N3O3/c1-10(11-3-2-4-13(9-11)17(19)20)16-14(18)7-8-15-12-5-6-12/h2-4,9-10,12,15H,5-8H2,1H3,(H,16,18). The van der Waals surface area contributed by atoms with Crippen LogP contribution in [0.4, 0.5) is 5.69 Å². The van der Waals surface area contributed by atoms with Crippen molar-refractivity contribution in [3.63, 3.8) is 0 Å². The zero-order valence-electron chi connectivity index (χ0n) is 11.5. The molecule has 1 amide bonds. The number of hydrogen-bond acceptors (Lipinski definition) is 4. The Kier molecular flexibility index (Phi) is 4.68. The topological polar surface area (TPSA) is 84.3 Å². The summed E-state index contributed by atoms with van der Waals surface area (Å²) in [6, 6.07) is 6.70. The average Bonchev–Trinajstić information content (AvgIpc) is 3.23. The van der Waals surface area contributed by atoms with Gasteiger partial charge in [0.2, 0.25) is 5.91 Å². The van der Waals surface area contributed by atoms with Gasteiger partial charge in [0.1, 0.15) is 0 Å². The molecule has 1 unspecified atom stereocenters. The van der Waals surface area contributed by atoms with Crippen molar-refractivity contribution in [1.29, 1.82) is 0 Å². The third-order valence-electron chi connectivity index (χ3n) is 3.32. The van der Waals surface area contributed by atoms with Crippen LogP contribution < -0.4 is 10.6 Å². The lowest BCUT2D eigenvalue weighted by molar-refractivity contribution is -0.384. The number of nitro groups is 1. The van der Waals surface area contributed by atoms with Gasteiger partial charge in [0.25, 0.3) is 5.69 Å². The van der Waals surface area contributed by atoms with Crippen molar-refractivity contribution in [3.05, 3.63) is 39.9 Å². The molecule has 1 aromatic rings. The minimum Gasteiger partial charge on any atom is -0.350 e. The summed E-state index contributed by atoms with van der Waals surface area (Å²) in [4.78, 5) is 22.0. The molecule has 20 heavy (non-hydrogen) atoms. The summed E-state index contributed by atoms with van der Waals surface area (Å²) in [5.74, 6) is -0.0443. The second kappa shape index (κ2) is 6.47. The lowest BCUT2D eigenvalue weighted by Gasteiger charge is -2.14. The fourth-order valence-electron chi connectivity index (χ4n) is 1.98. The van der Waals surface area contributed by atoms with E-state index >= 15 is 0 Å². The molecule has 1 saturated carbocycles.